The number of carbonyl (C=O) groups excluding carboxylic acids is 2. The fourth-order valence-corrected chi connectivity index (χ4v) is 2.93. The third-order valence-corrected chi connectivity index (χ3v) is 4.07. The van der Waals surface area contributed by atoms with Crippen molar-refractivity contribution in [3.05, 3.63) is 52.0 Å². The molecule has 1 aliphatic heterocycles. The van der Waals surface area contributed by atoms with E-state index in [1.54, 1.807) is 42.5 Å². The molecule has 1 amide bonds. The summed E-state index contributed by atoms with van der Waals surface area (Å²) in [4.78, 5) is 25.5. The van der Waals surface area contributed by atoms with Crippen molar-refractivity contribution in [3.8, 4) is 11.5 Å². The molecule has 0 aliphatic carbocycles. The van der Waals surface area contributed by atoms with Gasteiger partial charge in [0.15, 0.2) is 6.61 Å². The Kier molecular flexibility index (Phi) is 4.54. The molecule has 3 rings (SSSR count). The fraction of sp³-hybridized carbons (Fsp3) is 0.125. The lowest BCUT2D eigenvalue weighted by molar-refractivity contribution is -0.134. The molecule has 0 N–H and O–H groups in total. The molecule has 5 nitrogen and oxygen atoms in total. The summed E-state index contributed by atoms with van der Waals surface area (Å²) in [6.07, 6.45) is 0. The fourth-order valence-electron chi connectivity index (χ4n) is 2.17. The number of halogens is 2. The maximum Gasteiger partial charge on any atom is 0.331 e. The number of ether oxygens (including phenoxy) is 2. The van der Waals surface area contributed by atoms with Gasteiger partial charge in [0.2, 0.25) is 0 Å². The third kappa shape index (κ3) is 3.48. The molecule has 0 atom stereocenters. The van der Waals surface area contributed by atoms with Crippen molar-refractivity contribution < 1.29 is 19.1 Å². The van der Waals surface area contributed by atoms with Crippen LogP contribution in [0.5, 0.6) is 11.5 Å². The largest absolute Gasteiger partial charge is 0.482 e. The van der Waals surface area contributed by atoms with Gasteiger partial charge in [0.25, 0.3) is 5.91 Å². The number of para-hydroxylation sites is 2. The van der Waals surface area contributed by atoms with Crippen LogP contribution < -0.4 is 14.4 Å². The standard InChI is InChI=1S/C16H11BrClNO4/c17-11-7-10(18)5-6-13(11)23-16(21)8-19-12-3-1-2-4-14(12)22-9-15(19)20/h1-7H,8-9H2. The topological polar surface area (TPSA) is 55.8 Å². The van der Waals surface area contributed by atoms with Gasteiger partial charge in [-0.3, -0.25) is 9.69 Å². The van der Waals surface area contributed by atoms with Crippen molar-refractivity contribution in [2.24, 2.45) is 0 Å². The van der Waals surface area contributed by atoms with E-state index >= 15 is 0 Å². The van der Waals surface area contributed by atoms with Crippen LogP contribution in [0, 0.1) is 0 Å². The van der Waals surface area contributed by atoms with Gasteiger partial charge in [0.1, 0.15) is 18.0 Å². The van der Waals surface area contributed by atoms with Gasteiger partial charge in [-0.15, -0.1) is 0 Å². The smallest absolute Gasteiger partial charge is 0.331 e. The Morgan fingerprint density at radius 1 is 1.30 bits per heavy atom. The lowest BCUT2D eigenvalue weighted by Crippen LogP contribution is -2.43. The van der Waals surface area contributed by atoms with Crippen LogP contribution in [-0.2, 0) is 9.59 Å². The van der Waals surface area contributed by atoms with E-state index in [0.29, 0.717) is 26.7 Å². The molecule has 1 heterocycles. The maximum atomic E-state index is 12.2. The van der Waals surface area contributed by atoms with E-state index in [9.17, 15) is 9.59 Å². The number of benzene rings is 2. The number of rotatable bonds is 3. The molecule has 0 radical (unpaired) electrons. The number of fused-ring (bicyclic) bond motifs is 1. The molecular formula is C16H11BrClNO4. The van der Waals surface area contributed by atoms with E-state index in [1.807, 2.05) is 0 Å². The second kappa shape index (κ2) is 6.60. The Bertz CT molecular complexity index is 780. The van der Waals surface area contributed by atoms with Gasteiger partial charge in [-0.05, 0) is 46.3 Å². The summed E-state index contributed by atoms with van der Waals surface area (Å²) in [7, 11) is 0. The van der Waals surface area contributed by atoms with Crippen LogP contribution in [0.1, 0.15) is 0 Å². The molecule has 7 heteroatoms. The summed E-state index contributed by atoms with van der Waals surface area (Å²) in [5.41, 5.74) is 0.552. The molecule has 1 aliphatic rings. The first-order valence-electron chi connectivity index (χ1n) is 6.72. The Hall–Kier alpha value is -2.05. The maximum absolute atomic E-state index is 12.2. The Morgan fingerprint density at radius 3 is 2.87 bits per heavy atom. The molecular weight excluding hydrogens is 386 g/mol. The monoisotopic (exact) mass is 395 g/mol. The number of anilines is 1. The van der Waals surface area contributed by atoms with Crippen molar-refractivity contribution in [1.82, 2.24) is 0 Å². The van der Waals surface area contributed by atoms with Gasteiger partial charge in [-0.2, -0.15) is 0 Å². The molecule has 2 aromatic carbocycles. The predicted octanol–water partition coefficient (Wildman–Crippen LogP) is 3.43. The number of amides is 1. The Labute approximate surface area is 145 Å². The van der Waals surface area contributed by atoms with Gasteiger partial charge in [-0.1, -0.05) is 23.7 Å². The summed E-state index contributed by atoms with van der Waals surface area (Å²) in [5, 5.41) is 0.522. The van der Waals surface area contributed by atoms with Crippen LogP contribution in [0.4, 0.5) is 5.69 Å². The SMILES string of the molecule is O=C(CN1C(=O)COc2ccccc21)Oc1ccc(Cl)cc1Br. The van der Waals surface area contributed by atoms with Crippen molar-refractivity contribution in [2.45, 2.75) is 0 Å². The molecule has 0 saturated carbocycles. The number of carbonyl (C=O) groups is 2. The highest BCUT2D eigenvalue weighted by Crippen LogP contribution is 2.32. The zero-order valence-corrected chi connectivity index (χ0v) is 14.1. The van der Waals surface area contributed by atoms with Crippen molar-refractivity contribution in [2.75, 3.05) is 18.1 Å². The molecule has 0 unspecified atom stereocenters. The highest BCUT2D eigenvalue weighted by molar-refractivity contribution is 9.10. The number of esters is 1. The van der Waals surface area contributed by atoms with E-state index in [2.05, 4.69) is 15.9 Å². The number of hydrogen-bond acceptors (Lipinski definition) is 4. The van der Waals surface area contributed by atoms with Gasteiger partial charge in [-0.25, -0.2) is 4.79 Å². The minimum atomic E-state index is -0.557. The van der Waals surface area contributed by atoms with Crippen LogP contribution in [-0.4, -0.2) is 25.0 Å². The molecule has 0 fully saturated rings. The molecule has 2 aromatic rings. The summed E-state index contributed by atoms with van der Waals surface area (Å²) in [6.45, 7) is -0.302. The zero-order chi connectivity index (χ0) is 16.4. The lowest BCUT2D eigenvalue weighted by Gasteiger charge is -2.28. The first kappa shape index (κ1) is 15.8. The number of hydrogen-bond donors (Lipinski definition) is 0. The first-order chi connectivity index (χ1) is 11.0. The quantitative estimate of drug-likeness (QED) is 0.589. The third-order valence-electron chi connectivity index (χ3n) is 3.21. The summed E-state index contributed by atoms with van der Waals surface area (Å²) >= 11 is 9.12. The minimum absolute atomic E-state index is 0.102. The highest BCUT2D eigenvalue weighted by Gasteiger charge is 2.27. The van der Waals surface area contributed by atoms with Gasteiger partial charge in [0, 0.05) is 5.02 Å². The average molecular weight is 397 g/mol. The summed E-state index contributed by atoms with van der Waals surface area (Å²) in [6, 6.07) is 11.9. The van der Waals surface area contributed by atoms with Crippen LogP contribution in [0.15, 0.2) is 46.9 Å². The van der Waals surface area contributed by atoms with Crippen molar-refractivity contribution >= 4 is 45.1 Å². The Balaban J connectivity index is 1.76. The van der Waals surface area contributed by atoms with E-state index < -0.39 is 5.97 Å². The molecule has 0 saturated heterocycles. The average Bonchev–Trinajstić information content (AvgIpc) is 2.53. The molecule has 0 spiro atoms. The van der Waals surface area contributed by atoms with E-state index in [1.165, 1.54) is 4.90 Å². The predicted molar refractivity (Wildman–Crippen MR) is 89.1 cm³/mol. The number of nitrogens with zero attached hydrogens (tertiary/aromatic N) is 1. The van der Waals surface area contributed by atoms with E-state index in [4.69, 9.17) is 21.1 Å². The molecule has 0 aromatic heterocycles. The van der Waals surface area contributed by atoms with Gasteiger partial charge in [0.05, 0.1) is 10.2 Å². The van der Waals surface area contributed by atoms with Crippen LogP contribution in [0.25, 0.3) is 0 Å². The molecule has 23 heavy (non-hydrogen) atoms. The highest BCUT2D eigenvalue weighted by atomic mass is 79.9. The van der Waals surface area contributed by atoms with Crippen LogP contribution in [0.3, 0.4) is 0 Å². The summed E-state index contributed by atoms with van der Waals surface area (Å²) < 4.78 is 11.2. The van der Waals surface area contributed by atoms with Crippen molar-refractivity contribution in [3.63, 3.8) is 0 Å². The van der Waals surface area contributed by atoms with Gasteiger partial charge < -0.3 is 9.47 Å². The normalized spacial score (nSPS) is 13.3. The minimum Gasteiger partial charge on any atom is -0.482 e. The summed E-state index contributed by atoms with van der Waals surface area (Å²) in [5.74, 6) is 0.0508. The van der Waals surface area contributed by atoms with Crippen LogP contribution in [0.2, 0.25) is 5.02 Å². The Morgan fingerprint density at radius 2 is 2.09 bits per heavy atom. The van der Waals surface area contributed by atoms with E-state index in [-0.39, 0.29) is 19.1 Å². The van der Waals surface area contributed by atoms with E-state index in [0.717, 1.165) is 0 Å². The molecule has 118 valence electrons. The second-order valence-corrected chi connectivity index (χ2v) is 6.08. The first-order valence-corrected chi connectivity index (χ1v) is 7.89. The zero-order valence-electron chi connectivity index (χ0n) is 11.8. The lowest BCUT2D eigenvalue weighted by atomic mass is 10.2. The van der Waals surface area contributed by atoms with Crippen molar-refractivity contribution in [1.29, 1.82) is 0 Å². The molecule has 0 bridgehead atoms. The van der Waals surface area contributed by atoms with Crippen LogP contribution >= 0.6 is 27.5 Å². The van der Waals surface area contributed by atoms with Gasteiger partial charge >= 0.3 is 5.97 Å². The second-order valence-electron chi connectivity index (χ2n) is 4.79.